The largest absolute Gasteiger partial charge is 0.370 e. The fourth-order valence-corrected chi connectivity index (χ4v) is 4.33. The number of carbonyl (C=O) groups excluding carboxylic acids is 1. The third-order valence-corrected chi connectivity index (χ3v) is 6.13. The predicted octanol–water partition coefficient (Wildman–Crippen LogP) is 2.56. The van der Waals surface area contributed by atoms with Gasteiger partial charge in [-0.05, 0) is 42.8 Å². The number of carbonyl (C=O) groups is 1. The third kappa shape index (κ3) is 5.15. The normalized spacial score (nSPS) is 17.9. The first-order chi connectivity index (χ1) is 15.1. The van der Waals surface area contributed by atoms with Crippen molar-refractivity contribution in [3.8, 4) is 6.07 Å². The molecule has 0 aliphatic carbocycles. The lowest BCUT2D eigenvalue weighted by atomic mass is 10.2. The van der Waals surface area contributed by atoms with Crippen molar-refractivity contribution in [1.29, 1.82) is 5.26 Å². The standard InChI is InChI=1S/C24H28FN5O/c25-22-4-1-2-5-23(22)29-14-16-30(17-15-29)24(31)19-27-10-3-11-28(13-12-27)21-8-6-20(18-26)7-9-21/h1-2,4-9H,3,10-17,19H2. The summed E-state index contributed by atoms with van der Waals surface area (Å²) in [7, 11) is 0. The molecule has 2 saturated heterocycles. The first-order valence-electron chi connectivity index (χ1n) is 10.9. The van der Waals surface area contributed by atoms with Crippen LogP contribution in [0.2, 0.25) is 0 Å². The van der Waals surface area contributed by atoms with Crippen LogP contribution in [0.25, 0.3) is 0 Å². The van der Waals surface area contributed by atoms with Gasteiger partial charge in [-0.2, -0.15) is 5.26 Å². The summed E-state index contributed by atoms with van der Waals surface area (Å²) in [6.45, 7) is 6.52. The molecule has 0 N–H and O–H groups in total. The molecule has 2 aromatic rings. The quantitative estimate of drug-likeness (QED) is 0.760. The van der Waals surface area contributed by atoms with Crippen LogP contribution >= 0.6 is 0 Å². The third-order valence-electron chi connectivity index (χ3n) is 6.13. The number of hydrogen-bond acceptors (Lipinski definition) is 5. The zero-order chi connectivity index (χ0) is 21.6. The molecule has 0 bridgehead atoms. The minimum Gasteiger partial charge on any atom is -0.370 e. The zero-order valence-electron chi connectivity index (χ0n) is 17.7. The Bertz CT molecular complexity index is 934. The van der Waals surface area contributed by atoms with Gasteiger partial charge in [-0.15, -0.1) is 0 Å². The Morgan fingerprint density at radius 1 is 0.871 bits per heavy atom. The maximum atomic E-state index is 14.0. The van der Waals surface area contributed by atoms with Gasteiger partial charge in [0.1, 0.15) is 5.82 Å². The summed E-state index contributed by atoms with van der Waals surface area (Å²) in [5.74, 6) is -0.0568. The minimum atomic E-state index is -0.210. The summed E-state index contributed by atoms with van der Waals surface area (Å²) in [5.41, 5.74) is 2.40. The molecule has 2 aromatic carbocycles. The number of hydrogen-bond donors (Lipinski definition) is 0. The van der Waals surface area contributed by atoms with Crippen LogP contribution in [-0.4, -0.2) is 74.6 Å². The Labute approximate surface area is 183 Å². The van der Waals surface area contributed by atoms with E-state index in [1.807, 2.05) is 40.1 Å². The molecule has 2 heterocycles. The lowest BCUT2D eigenvalue weighted by molar-refractivity contribution is -0.132. The fraction of sp³-hybridized carbons (Fsp3) is 0.417. The maximum Gasteiger partial charge on any atom is 0.236 e. The summed E-state index contributed by atoms with van der Waals surface area (Å²) in [4.78, 5) is 21.3. The number of anilines is 2. The highest BCUT2D eigenvalue weighted by atomic mass is 19.1. The van der Waals surface area contributed by atoms with Gasteiger partial charge in [-0.3, -0.25) is 9.69 Å². The van der Waals surface area contributed by atoms with E-state index in [0.29, 0.717) is 44.0 Å². The van der Waals surface area contributed by atoms with E-state index in [0.717, 1.165) is 38.3 Å². The number of para-hydroxylation sites is 1. The number of benzene rings is 2. The van der Waals surface area contributed by atoms with Crippen molar-refractivity contribution in [1.82, 2.24) is 9.80 Å². The van der Waals surface area contributed by atoms with Crippen molar-refractivity contribution >= 4 is 17.3 Å². The highest BCUT2D eigenvalue weighted by Crippen LogP contribution is 2.21. The molecular formula is C24H28FN5O. The Balaban J connectivity index is 1.26. The first kappa shape index (κ1) is 21.1. The lowest BCUT2D eigenvalue weighted by Gasteiger charge is -2.37. The number of amides is 1. The molecule has 0 unspecified atom stereocenters. The number of nitrogens with zero attached hydrogens (tertiary/aromatic N) is 5. The van der Waals surface area contributed by atoms with E-state index in [-0.39, 0.29) is 11.7 Å². The summed E-state index contributed by atoms with van der Waals surface area (Å²) >= 11 is 0. The molecule has 0 atom stereocenters. The van der Waals surface area contributed by atoms with Crippen molar-refractivity contribution in [3.05, 3.63) is 59.9 Å². The van der Waals surface area contributed by atoms with E-state index in [1.165, 1.54) is 6.07 Å². The van der Waals surface area contributed by atoms with Crippen LogP contribution in [0, 0.1) is 17.1 Å². The van der Waals surface area contributed by atoms with Gasteiger partial charge in [0.2, 0.25) is 5.91 Å². The van der Waals surface area contributed by atoms with E-state index < -0.39 is 0 Å². The van der Waals surface area contributed by atoms with E-state index in [4.69, 9.17) is 5.26 Å². The highest BCUT2D eigenvalue weighted by molar-refractivity contribution is 5.78. The Morgan fingerprint density at radius 2 is 1.58 bits per heavy atom. The predicted molar refractivity (Wildman–Crippen MR) is 120 cm³/mol. The van der Waals surface area contributed by atoms with Gasteiger partial charge in [0, 0.05) is 58.0 Å². The van der Waals surface area contributed by atoms with Crippen LogP contribution < -0.4 is 9.80 Å². The minimum absolute atomic E-state index is 0.153. The highest BCUT2D eigenvalue weighted by Gasteiger charge is 2.25. The molecule has 0 aromatic heterocycles. The van der Waals surface area contributed by atoms with Crippen LogP contribution in [0.5, 0.6) is 0 Å². The molecule has 2 fully saturated rings. The molecule has 1 amide bonds. The maximum absolute atomic E-state index is 14.0. The smallest absolute Gasteiger partial charge is 0.236 e. The Hall–Kier alpha value is -3.11. The average molecular weight is 422 g/mol. The Kier molecular flexibility index (Phi) is 6.68. The molecule has 2 aliphatic rings. The number of piperazine rings is 1. The second-order valence-corrected chi connectivity index (χ2v) is 8.09. The van der Waals surface area contributed by atoms with Crippen molar-refractivity contribution in [2.75, 3.05) is 68.7 Å². The van der Waals surface area contributed by atoms with Crippen LogP contribution in [-0.2, 0) is 4.79 Å². The Morgan fingerprint density at radius 3 is 2.29 bits per heavy atom. The molecule has 7 heteroatoms. The van der Waals surface area contributed by atoms with Crippen LogP contribution in [0.4, 0.5) is 15.8 Å². The van der Waals surface area contributed by atoms with E-state index >= 15 is 0 Å². The summed E-state index contributed by atoms with van der Waals surface area (Å²) in [6, 6.07) is 16.7. The molecule has 2 aliphatic heterocycles. The van der Waals surface area contributed by atoms with Gasteiger partial charge in [0.15, 0.2) is 0 Å². The van der Waals surface area contributed by atoms with Crippen LogP contribution in [0.3, 0.4) is 0 Å². The second-order valence-electron chi connectivity index (χ2n) is 8.09. The van der Waals surface area contributed by atoms with Crippen LogP contribution in [0.1, 0.15) is 12.0 Å². The average Bonchev–Trinajstić information content (AvgIpc) is 3.05. The van der Waals surface area contributed by atoms with Gasteiger partial charge in [0.25, 0.3) is 0 Å². The zero-order valence-corrected chi connectivity index (χ0v) is 17.7. The van der Waals surface area contributed by atoms with Crippen LogP contribution in [0.15, 0.2) is 48.5 Å². The molecular weight excluding hydrogens is 393 g/mol. The molecule has 0 spiro atoms. The first-order valence-corrected chi connectivity index (χ1v) is 10.9. The number of rotatable bonds is 4. The molecule has 0 saturated carbocycles. The topological polar surface area (TPSA) is 53.8 Å². The van der Waals surface area contributed by atoms with Crippen molar-refractivity contribution in [2.45, 2.75) is 6.42 Å². The van der Waals surface area contributed by atoms with Gasteiger partial charge >= 0.3 is 0 Å². The molecule has 0 radical (unpaired) electrons. The molecule has 6 nitrogen and oxygen atoms in total. The second kappa shape index (κ2) is 9.80. The monoisotopic (exact) mass is 421 g/mol. The SMILES string of the molecule is N#Cc1ccc(N2CCCN(CC(=O)N3CCN(c4ccccc4F)CC3)CC2)cc1. The van der Waals surface area contributed by atoms with Gasteiger partial charge in [0.05, 0.1) is 23.9 Å². The van der Waals surface area contributed by atoms with Crippen molar-refractivity contribution in [3.63, 3.8) is 0 Å². The fourth-order valence-electron chi connectivity index (χ4n) is 4.33. The summed E-state index contributed by atoms with van der Waals surface area (Å²) in [6.07, 6.45) is 0.994. The molecule has 162 valence electrons. The lowest BCUT2D eigenvalue weighted by Crippen LogP contribution is -2.51. The van der Waals surface area contributed by atoms with E-state index in [1.54, 1.807) is 12.1 Å². The van der Waals surface area contributed by atoms with Crippen molar-refractivity contribution in [2.24, 2.45) is 0 Å². The van der Waals surface area contributed by atoms with Crippen molar-refractivity contribution < 1.29 is 9.18 Å². The summed E-state index contributed by atoms with van der Waals surface area (Å²) in [5, 5.41) is 8.97. The molecule has 31 heavy (non-hydrogen) atoms. The van der Waals surface area contributed by atoms with Gasteiger partial charge < -0.3 is 14.7 Å². The van der Waals surface area contributed by atoms with E-state index in [2.05, 4.69) is 15.9 Å². The summed E-state index contributed by atoms with van der Waals surface area (Å²) < 4.78 is 14.0. The van der Waals surface area contributed by atoms with E-state index in [9.17, 15) is 9.18 Å². The van der Waals surface area contributed by atoms with Gasteiger partial charge in [-0.1, -0.05) is 12.1 Å². The van der Waals surface area contributed by atoms with Gasteiger partial charge in [-0.25, -0.2) is 4.39 Å². The number of nitriles is 1. The molecule has 4 rings (SSSR count). The number of halogens is 1.